The summed E-state index contributed by atoms with van der Waals surface area (Å²) in [6.45, 7) is -1.66. The fourth-order valence-corrected chi connectivity index (χ4v) is 1.59. The highest BCUT2D eigenvalue weighted by Crippen LogP contribution is 2.26. The van der Waals surface area contributed by atoms with Gasteiger partial charge in [-0.3, -0.25) is 9.59 Å². The van der Waals surface area contributed by atoms with Crippen LogP contribution in [0.3, 0.4) is 0 Å². The van der Waals surface area contributed by atoms with E-state index < -0.39 is 49.3 Å². The van der Waals surface area contributed by atoms with Crippen molar-refractivity contribution in [1.82, 2.24) is 0 Å². The van der Waals surface area contributed by atoms with Crippen LogP contribution in [0.25, 0.3) is 0 Å². The maximum atomic E-state index is 10.7. The van der Waals surface area contributed by atoms with E-state index in [2.05, 4.69) is 9.47 Å². The maximum Gasteiger partial charge on any atom is 0.505 e. The fraction of sp³-hybridized carbons (Fsp3) is 0.667. The zero-order valence-corrected chi connectivity index (χ0v) is 12.1. The second-order valence-corrected chi connectivity index (χ2v) is 4.70. The zero-order valence-electron chi connectivity index (χ0n) is 12.1. The minimum atomic E-state index is -1.63. The summed E-state index contributed by atoms with van der Waals surface area (Å²) < 4.78 is 13.9. The van der Waals surface area contributed by atoms with Gasteiger partial charge in [0.25, 0.3) is 0 Å². The number of carboxylic acid groups (broad SMARTS) is 4. The van der Waals surface area contributed by atoms with Gasteiger partial charge in [0.1, 0.15) is 13.2 Å². The molecule has 0 fully saturated rings. The molecule has 11 heteroatoms. The number of rotatable bonds is 12. The van der Waals surface area contributed by atoms with Crippen molar-refractivity contribution < 1.29 is 53.8 Å². The molecular formula is C12H18O11. The molecule has 11 nitrogen and oxygen atoms in total. The largest absolute Gasteiger partial charge is 0.505 e. The Hall–Kier alpha value is -2.56. The highest BCUT2D eigenvalue weighted by atomic mass is 16.7. The van der Waals surface area contributed by atoms with Crippen LogP contribution in [-0.2, 0) is 23.8 Å². The molecule has 0 rings (SSSR count). The molecule has 132 valence electrons. The molecule has 0 unspecified atom stereocenters. The van der Waals surface area contributed by atoms with Crippen LogP contribution in [-0.4, -0.2) is 71.1 Å². The predicted octanol–water partition coefficient (Wildman–Crippen LogP) is 0.718. The van der Waals surface area contributed by atoms with Crippen LogP contribution in [0.5, 0.6) is 0 Å². The van der Waals surface area contributed by atoms with Gasteiger partial charge >= 0.3 is 24.2 Å². The molecule has 0 aromatic carbocycles. The highest BCUT2D eigenvalue weighted by molar-refractivity contribution is 5.67. The van der Waals surface area contributed by atoms with E-state index in [1.807, 2.05) is 0 Å². The normalized spacial score (nSPS) is 10.8. The molecular weight excluding hydrogens is 320 g/mol. The van der Waals surface area contributed by atoms with Gasteiger partial charge in [-0.1, -0.05) is 0 Å². The van der Waals surface area contributed by atoms with Crippen molar-refractivity contribution in [3.05, 3.63) is 0 Å². The van der Waals surface area contributed by atoms with Crippen molar-refractivity contribution >= 4 is 24.2 Å². The Labute approximate surface area is 130 Å². The predicted molar refractivity (Wildman–Crippen MR) is 70.3 cm³/mol. The zero-order chi connectivity index (χ0) is 17.9. The first-order chi connectivity index (χ1) is 10.7. The van der Waals surface area contributed by atoms with Crippen molar-refractivity contribution in [2.75, 3.05) is 26.4 Å². The average Bonchev–Trinajstić information content (AvgIpc) is 2.44. The SMILES string of the molecule is O=C(O)CCOCC(CCC(=O)O)(COC(=O)O)COC(=O)O. The molecule has 0 aromatic heterocycles. The minimum absolute atomic E-state index is 0.185. The Balaban J connectivity index is 4.92. The molecule has 4 N–H and O–H groups in total. The van der Waals surface area contributed by atoms with Gasteiger partial charge in [0.15, 0.2) is 0 Å². The molecule has 0 saturated carbocycles. The monoisotopic (exact) mass is 338 g/mol. The molecule has 0 aromatic rings. The van der Waals surface area contributed by atoms with E-state index in [1.165, 1.54) is 0 Å². The Bertz CT molecular complexity index is 385. The fourth-order valence-electron chi connectivity index (χ4n) is 1.59. The van der Waals surface area contributed by atoms with Crippen LogP contribution in [0.15, 0.2) is 0 Å². The first-order valence-corrected chi connectivity index (χ1v) is 6.40. The van der Waals surface area contributed by atoms with E-state index in [1.54, 1.807) is 0 Å². The van der Waals surface area contributed by atoms with Crippen LogP contribution in [0.2, 0.25) is 0 Å². The van der Waals surface area contributed by atoms with E-state index in [0.717, 1.165) is 0 Å². The van der Waals surface area contributed by atoms with Gasteiger partial charge in [-0.2, -0.15) is 0 Å². The molecule has 0 aliphatic carbocycles. The van der Waals surface area contributed by atoms with Gasteiger partial charge in [-0.15, -0.1) is 0 Å². The average molecular weight is 338 g/mol. The van der Waals surface area contributed by atoms with E-state index >= 15 is 0 Å². The lowest BCUT2D eigenvalue weighted by atomic mass is 9.85. The molecule has 0 amide bonds. The number of aliphatic carboxylic acids is 2. The first-order valence-electron chi connectivity index (χ1n) is 6.40. The maximum absolute atomic E-state index is 10.7. The third-order valence-electron chi connectivity index (χ3n) is 2.74. The van der Waals surface area contributed by atoms with Crippen molar-refractivity contribution in [2.24, 2.45) is 5.41 Å². The summed E-state index contributed by atoms with van der Waals surface area (Å²) in [5, 5.41) is 34.4. The molecule has 0 aliphatic rings. The second kappa shape index (κ2) is 10.2. The summed E-state index contributed by atoms with van der Waals surface area (Å²) in [6, 6.07) is 0. The van der Waals surface area contributed by atoms with Crippen molar-refractivity contribution in [3.63, 3.8) is 0 Å². The summed E-state index contributed by atoms with van der Waals surface area (Å²) in [5.41, 5.74) is -1.37. The molecule has 0 atom stereocenters. The third-order valence-corrected chi connectivity index (χ3v) is 2.74. The van der Waals surface area contributed by atoms with Gasteiger partial charge < -0.3 is 34.6 Å². The Kier molecular flexibility index (Phi) is 9.08. The Morgan fingerprint density at radius 1 is 0.739 bits per heavy atom. The third kappa shape index (κ3) is 10.8. The summed E-state index contributed by atoms with van der Waals surface area (Å²) in [5.74, 6) is -2.31. The van der Waals surface area contributed by atoms with Gasteiger partial charge in [0, 0.05) is 6.42 Å². The smallest absolute Gasteiger partial charge is 0.481 e. The number of carbonyl (C=O) groups is 4. The van der Waals surface area contributed by atoms with Gasteiger partial charge in [0.05, 0.1) is 25.0 Å². The number of carboxylic acids is 2. The van der Waals surface area contributed by atoms with E-state index in [-0.39, 0.29) is 26.1 Å². The summed E-state index contributed by atoms with van der Waals surface area (Å²) in [6.07, 6.45) is -4.19. The van der Waals surface area contributed by atoms with E-state index in [9.17, 15) is 19.2 Å². The van der Waals surface area contributed by atoms with Crippen molar-refractivity contribution in [2.45, 2.75) is 19.3 Å². The highest BCUT2D eigenvalue weighted by Gasteiger charge is 2.35. The van der Waals surface area contributed by atoms with Crippen molar-refractivity contribution in [1.29, 1.82) is 0 Å². The molecule has 0 saturated heterocycles. The van der Waals surface area contributed by atoms with Crippen LogP contribution >= 0.6 is 0 Å². The molecule has 0 spiro atoms. The standard InChI is InChI=1S/C12H18O11/c13-8(14)1-3-12(6-22-10(17)18,7-23-11(19)20)5-21-4-2-9(15)16/h1-7H2,(H,13,14)(H,15,16)(H,17,18)(H,19,20). The van der Waals surface area contributed by atoms with Crippen LogP contribution < -0.4 is 0 Å². The molecule has 0 aliphatic heterocycles. The molecule has 0 heterocycles. The molecule has 23 heavy (non-hydrogen) atoms. The number of hydrogen-bond donors (Lipinski definition) is 4. The summed E-state index contributed by atoms with van der Waals surface area (Å²) in [7, 11) is 0. The number of hydrogen-bond acceptors (Lipinski definition) is 7. The summed E-state index contributed by atoms with van der Waals surface area (Å²) >= 11 is 0. The second-order valence-electron chi connectivity index (χ2n) is 4.70. The van der Waals surface area contributed by atoms with Gasteiger partial charge in [0.2, 0.25) is 0 Å². The quantitative estimate of drug-likeness (QED) is 0.291. The number of ether oxygens (including phenoxy) is 3. The van der Waals surface area contributed by atoms with Crippen LogP contribution in [0.4, 0.5) is 9.59 Å². The Morgan fingerprint density at radius 2 is 1.22 bits per heavy atom. The topological polar surface area (TPSA) is 177 Å². The van der Waals surface area contributed by atoms with E-state index in [4.69, 9.17) is 25.2 Å². The van der Waals surface area contributed by atoms with Gasteiger partial charge in [-0.25, -0.2) is 9.59 Å². The lowest BCUT2D eigenvalue weighted by Gasteiger charge is -2.31. The first kappa shape index (κ1) is 20.4. The van der Waals surface area contributed by atoms with Crippen molar-refractivity contribution in [3.8, 4) is 0 Å². The van der Waals surface area contributed by atoms with Crippen LogP contribution in [0, 0.1) is 5.41 Å². The molecule has 0 radical (unpaired) electrons. The molecule has 0 bridgehead atoms. The summed E-state index contributed by atoms with van der Waals surface area (Å²) in [4.78, 5) is 42.2. The lowest BCUT2D eigenvalue weighted by Crippen LogP contribution is -2.39. The lowest BCUT2D eigenvalue weighted by molar-refractivity contribution is -0.139. The van der Waals surface area contributed by atoms with Gasteiger partial charge in [-0.05, 0) is 6.42 Å². The minimum Gasteiger partial charge on any atom is -0.481 e. The van der Waals surface area contributed by atoms with E-state index in [0.29, 0.717) is 0 Å². The van der Waals surface area contributed by atoms with Crippen LogP contribution in [0.1, 0.15) is 19.3 Å². The Morgan fingerprint density at radius 3 is 1.61 bits per heavy atom.